The van der Waals surface area contributed by atoms with Crippen LogP contribution >= 0.6 is 0 Å². The Kier molecular flexibility index (Phi) is 6.56. The number of rotatable bonds is 4. The average molecular weight is 366 g/mol. The van der Waals surface area contributed by atoms with Crippen molar-refractivity contribution in [1.29, 1.82) is 0 Å². The molecule has 5 N–H and O–H groups in total. The lowest BCUT2D eigenvalue weighted by molar-refractivity contribution is -0.141. The number of primary amides is 1. The lowest BCUT2D eigenvalue weighted by atomic mass is 9.72. The van der Waals surface area contributed by atoms with Crippen molar-refractivity contribution in [2.45, 2.75) is 63.9 Å². The molecule has 5 atom stereocenters. The van der Waals surface area contributed by atoms with Crippen LogP contribution in [0.1, 0.15) is 57.8 Å². The number of hydrogen-bond donors (Lipinski definition) is 3. The van der Waals surface area contributed by atoms with E-state index in [9.17, 15) is 14.7 Å². The molecule has 2 saturated carbocycles. The van der Waals surface area contributed by atoms with Gasteiger partial charge in [0.15, 0.2) is 0 Å². The molecule has 0 spiro atoms. The summed E-state index contributed by atoms with van der Waals surface area (Å²) in [6.45, 7) is 2.46. The van der Waals surface area contributed by atoms with Crippen LogP contribution in [0.15, 0.2) is 0 Å². The fourth-order valence-electron chi connectivity index (χ4n) is 5.51. The summed E-state index contributed by atoms with van der Waals surface area (Å²) in [6, 6.07) is 0. The van der Waals surface area contributed by atoms with Crippen LogP contribution in [0.2, 0.25) is 0 Å². The normalized spacial score (nSPS) is 36.7. The zero-order valence-corrected chi connectivity index (χ0v) is 15.8. The van der Waals surface area contributed by atoms with E-state index in [4.69, 9.17) is 11.5 Å². The van der Waals surface area contributed by atoms with E-state index < -0.39 is 17.9 Å². The Morgan fingerprint density at radius 2 is 1.69 bits per heavy atom. The van der Waals surface area contributed by atoms with Gasteiger partial charge in [0.05, 0.1) is 12.0 Å². The molecule has 1 saturated heterocycles. The first-order valence-corrected chi connectivity index (χ1v) is 10.5. The van der Waals surface area contributed by atoms with Crippen LogP contribution in [-0.4, -0.2) is 47.6 Å². The Morgan fingerprint density at radius 3 is 2.35 bits per heavy atom. The van der Waals surface area contributed by atoms with Gasteiger partial charge in [-0.15, -0.1) is 0 Å². The SMILES string of the molecule is NCC1CCCC(C2CCN(C(=O)C3CCC(O)C(C(N)=O)C3)CC2)C1. The molecule has 3 rings (SSSR count). The summed E-state index contributed by atoms with van der Waals surface area (Å²) < 4.78 is 0. The molecule has 6 nitrogen and oxygen atoms in total. The molecule has 148 valence electrons. The molecule has 0 radical (unpaired) electrons. The maximum atomic E-state index is 12.9. The van der Waals surface area contributed by atoms with Crippen molar-refractivity contribution in [3.8, 4) is 0 Å². The number of piperidine rings is 1. The van der Waals surface area contributed by atoms with Gasteiger partial charge < -0.3 is 21.5 Å². The van der Waals surface area contributed by atoms with Crippen molar-refractivity contribution in [3.63, 3.8) is 0 Å². The lowest BCUT2D eigenvalue weighted by Crippen LogP contribution is -2.47. The van der Waals surface area contributed by atoms with Crippen LogP contribution in [0.4, 0.5) is 0 Å². The standard InChI is InChI=1S/C20H35N3O3/c21-12-13-2-1-3-15(10-13)14-6-8-23(9-7-14)20(26)16-4-5-18(24)17(11-16)19(22)25/h13-18,24H,1-12,21H2,(H2,22,25). The molecule has 5 unspecified atom stereocenters. The number of amides is 2. The van der Waals surface area contributed by atoms with E-state index in [0.29, 0.717) is 25.2 Å². The summed E-state index contributed by atoms with van der Waals surface area (Å²) in [4.78, 5) is 26.4. The second kappa shape index (κ2) is 8.70. The number of carbonyl (C=O) groups excluding carboxylic acids is 2. The van der Waals surface area contributed by atoms with Crippen molar-refractivity contribution in [2.24, 2.45) is 41.1 Å². The first kappa shape index (κ1) is 19.6. The topological polar surface area (TPSA) is 110 Å². The summed E-state index contributed by atoms with van der Waals surface area (Å²) in [5.74, 6) is 1.12. The quantitative estimate of drug-likeness (QED) is 0.696. The third-order valence-corrected chi connectivity index (χ3v) is 7.20. The molecule has 1 aliphatic heterocycles. The van der Waals surface area contributed by atoms with Crippen LogP contribution in [0.5, 0.6) is 0 Å². The summed E-state index contributed by atoms with van der Waals surface area (Å²) >= 11 is 0. The first-order chi connectivity index (χ1) is 12.5. The van der Waals surface area contributed by atoms with Crippen molar-refractivity contribution in [2.75, 3.05) is 19.6 Å². The van der Waals surface area contributed by atoms with Crippen LogP contribution in [0.25, 0.3) is 0 Å². The number of aliphatic hydroxyl groups is 1. The Bertz CT molecular complexity index is 505. The number of likely N-dealkylation sites (tertiary alicyclic amines) is 1. The first-order valence-electron chi connectivity index (χ1n) is 10.5. The molecule has 1 heterocycles. The average Bonchev–Trinajstić information content (AvgIpc) is 2.67. The Morgan fingerprint density at radius 1 is 0.962 bits per heavy atom. The van der Waals surface area contributed by atoms with E-state index in [2.05, 4.69) is 0 Å². The van der Waals surface area contributed by atoms with Gasteiger partial charge in [-0.2, -0.15) is 0 Å². The smallest absolute Gasteiger partial charge is 0.225 e. The molecular formula is C20H35N3O3. The Labute approximate surface area is 156 Å². The molecule has 0 aromatic carbocycles. The monoisotopic (exact) mass is 365 g/mol. The zero-order chi connectivity index (χ0) is 18.7. The van der Waals surface area contributed by atoms with Gasteiger partial charge in [-0.25, -0.2) is 0 Å². The van der Waals surface area contributed by atoms with Crippen molar-refractivity contribution < 1.29 is 14.7 Å². The largest absolute Gasteiger partial charge is 0.392 e. The van der Waals surface area contributed by atoms with Gasteiger partial charge in [0, 0.05) is 19.0 Å². The predicted molar refractivity (Wildman–Crippen MR) is 99.8 cm³/mol. The van der Waals surface area contributed by atoms with Gasteiger partial charge >= 0.3 is 0 Å². The van der Waals surface area contributed by atoms with E-state index in [0.717, 1.165) is 44.3 Å². The van der Waals surface area contributed by atoms with E-state index >= 15 is 0 Å². The van der Waals surface area contributed by atoms with Gasteiger partial charge in [0.25, 0.3) is 0 Å². The number of carbonyl (C=O) groups is 2. The fraction of sp³-hybridized carbons (Fsp3) is 0.900. The van der Waals surface area contributed by atoms with Crippen molar-refractivity contribution in [1.82, 2.24) is 4.90 Å². The summed E-state index contributed by atoms with van der Waals surface area (Å²) in [6.07, 6.45) is 8.17. The molecule has 0 aromatic rings. The third kappa shape index (κ3) is 4.39. The van der Waals surface area contributed by atoms with Gasteiger partial charge in [0.1, 0.15) is 0 Å². The van der Waals surface area contributed by atoms with Crippen LogP contribution in [0.3, 0.4) is 0 Å². The van der Waals surface area contributed by atoms with Crippen LogP contribution < -0.4 is 11.5 Å². The van der Waals surface area contributed by atoms with Gasteiger partial charge in [0.2, 0.25) is 11.8 Å². The number of aliphatic hydroxyl groups excluding tert-OH is 1. The lowest BCUT2D eigenvalue weighted by Gasteiger charge is -2.41. The van der Waals surface area contributed by atoms with Gasteiger partial charge in [-0.1, -0.05) is 12.8 Å². The molecule has 2 amide bonds. The minimum Gasteiger partial charge on any atom is -0.392 e. The van der Waals surface area contributed by atoms with E-state index in [1.165, 1.54) is 25.7 Å². The number of nitrogens with two attached hydrogens (primary N) is 2. The van der Waals surface area contributed by atoms with Gasteiger partial charge in [-0.3, -0.25) is 9.59 Å². The Hall–Kier alpha value is -1.14. The predicted octanol–water partition coefficient (Wildman–Crippen LogP) is 1.25. The second-order valence-electron chi connectivity index (χ2n) is 8.78. The molecule has 3 aliphatic rings. The highest BCUT2D eigenvalue weighted by atomic mass is 16.3. The Balaban J connectivity index is 1.50. The molecule has 0 bridgehead atoms. The van der Waals surface area contributed by atoms with Crippen LogP contribution in [0, 0.1) is 29.6 Å². The minimum absolute atomic E-state index is 0.157. The van der Waals surface area contributed by atoms with E-state index in [1.807, 2.05) is 4.90 Å². The summed E-state index contributed by atoms with van der Waals surface area (Å²) in [7, 11) is 0. The molecule has 26 heavy (non-hydrogen) atoms. The summed E-state index contributed by atoms with van der Waals surface area (Å²) in [5.41, 5.74) is 11.3. The highest BCUT2D eigenvalue weighted by Gasteiger charge is 2.39. The second-order valence-corrected chi connectivity index (χ2v) is 8.78. The molecule has 0 aromatic heterocycles. The molecule has 2 aliphatic carbocycles. The maximum Gasteiger partial charge on any atom is 0.225 e. The number of nitrogens with zero attached hydrogens (tertiary/aromatic N) is 1. The maximum absolute atomic E-state index is 12.9. The fourth-order valence-corrected chi connectivity index (χ4v) is 5.51. The zero-order valence-electron chi connectivity index (χ0n) is 15.8. The summed E-state index contributed by atoms with van der Waals surface area (Å²) in [5, 5.41) is 9.94. The van der Waals surface area contributed by atoms with Crippen molar-refractivity contribution >= 4 is 11.8 Å². The molecule has 6 heteroatoms. The number of hydrogen-bond acceptors (Lipinski definition) is 4. The highest BCUT2D eigenvalue weighted by Crippen LogP contribution is 2.38. The van der Waals surface area contributed by atoms with Crippen LogP contribution in [-0.2, 0) is 9.59 Å². The highest BCUT2D eigenvalue weighted by molar-refractivity contribution is 5.82. The van der Waals surface area contributed by atoms with E-state index in [1.54, 1.807) is 0 Å². The third-order valence-electron chi connectivity index (χ3n) is 7.20. The molecule has 3 fully saturated rings. The minimum atomic E-state index is -0.691. The van der Waals surface area contributed by atoms with E-state index in [-0.39, 0.29) is 11.8 Å². The van der Waals surface area contributed by atoms with Crippen molar-refractivity contribution in [3.05, 3.63) is 0 Å². The molecular weight excluding hydrogens is 330 g/mol. The van der Waals surface area contributed by atoms with Gasteiger partial charge in [-0.05, 0) is 69.2 Å².